The summed E-state index contributed by atoms with van der Waals surface area (Å²) < 4.78 is 39.1. The molecule has 1 unspecified atom stereocenters. The Bertz CT molecular complexity index is 1070. The van der Waals surface area contributed by atoms with Gasteiger partial charge in [-0.1, -0.05) is 46.3 Å². The van der Waals surface area contributed by atoms with Crippen molar-refractivity contribution in [3.8, 4) is 5.75 Å². The maximum atomic E-state index is 11.4. The lowest BCUT2D eigenvalue weighted by atomic mass is 9.76. The van der Waals surface area contributed by atoms with Gasteiger partial charge in [0.2, 0.25) is 0 Å². The molecule has 4 rings (SSSR count). The van der Waals surface area contributed by atoms with Crippen molar-refractivity contribution in [2.24, 2.45) is 0 Å². The first-order valence-electron chi connectivity index (χ1n) is 9.31. The predicted molar refractivity (Wildman–Crippen MR) is 103 cm³/mol. The van der Waals surface area contributed by atoms with Gasteiger partial charge in [-0.25, -0.2) is 0 Å². The van der Waals surface area contributed by atoms with E-state index >= 15 is 0 Å². The molecule has 0 spiro atoms. The summed E-state index contributed by atoms with van der Waals surface area (Å²) in [6.07, 6.45) is 0. The van der Waals surface area contributed by atoms with Crippen LogP contribution in [0.25, 0.3) is 0 Å². The normalized spacial score (nSPS) is 15.7. The monoisotopic (exact) mass is 411 g/mol. The first-order valence-corrected chi connectivity index (χ1v) is 10.5. The number of nitrogens with zero attached hydrogens (tertiary/aromatic N) is 1. The fourth-order valence-electron chi connectivity index (χ4n) is 4.55. The van der Waals surface area contributed by atoms with Gasteiger partial charge in [0.1, 0.15) is 10.2 Å². The predicted octanol–water partition coefficient (Wildman–Crippen LogP) is 2.15. The third-order valence-electron chi connectivity index (χ3n) is 5.51. The van der Waals surface area contributed by atoms with Crippen molar-refractivity contribution < 1.29 is 28.5 Å². The van der Waals surface area contributed by atoms with Crippen LogP contribution in [0.15, 0.2) is 54.6 Å². The van der Waals surface area contributed by atoms with E-state index in [1.54, 1.807) is 6.07 Å². The molecule has 1 atom stereocenters. The van der Waals surface area contributed by atoms with E-state index < -0.39 is 10.2 Å². The molecule has 0 saturated carbocycles. The van der Waals surface area contributed by atoms with E-state index in [-0.39, 0.29) is 11.7 Å². The lowest BCUT2D eigenvalue weighted by Crippen LogP contribution is -2.63. The zero-order chi connectivity index (χ0) is 20.9. The van der Waals surface area contributed by atoms with Crippen LogP contribution < -0.4 is 23.2 Å². The highest BCUT2D eigenvalue weighted by Crippen LogP contribution is 2.52. The Hall–Kier alpha value is -2.57. The highest BCUT2D eigenvalue weighted by atomic mass is 35.7. The molecule has 1 aliphatic heterocycles. The minimum Gasteiger partial charge on any atom is -0.344 e. The van der Waals surface area contributed by atoms with Gasteiger partial charge in [-0.3, -0.25) is 0 Å². The first kappa shape index (κ1) is 19.7. The number of halogens is 1. The number of aryl methyl sites for hydroxylation is 3. The van der Waals surface area contributed by atoms with Crippen molar-refractivity contribution >= 4 is 11.4 Å². The summed E-state index contributed by atoms with van der Waals surface area (Å²) in [6.45, 7) is 6.17. The zero-order valence-electron chi connectivity index (χ0n) is 16.7. The zero-order valence-corrected chi connectivity index (χ0v) is 17.5. The number of hydrogen-bond acceptors (Lipinski definition) is 5. The number of benzene rings is 3. The van der Waals surface area contributed by atoms with E-state index in [9.17, 15) is 14.0 Å². The molecule has 0 aromatic heterocycles. The number of para-hydroxylation sites is 1. The molecule has 0 bridgehead atoms. The molecule has 150 valence electrons. The summed E-state index contributed by atoms with van der Waals surface area (Å²) in [5.74, 6) is -0.198. The molecule has 5 nitrogen and oxygen atoms in total. The Morgan fingerprint density at radius 2 is 1.45 bits per heavy atom. The topological polar surface area (TPSA) is 81.7 Å². The summed E-state index contributed by atoms with van der Waals surface area (Å²) in [4.78, 5) is 2.00. The van der Waals surface area contributed by atoms with Crippen LogP contribution in [0.1, 0.15) is 39.3 Å². The minimum atomic E-state index is -4.61. The van der Waals surface area contributed by atoms with Gasteiger partial charge in [0.15, 0.2) is 0 Å². The third kappa shape index (κ3) is 3.47. The average Bonchev–Trinajstić information content (AvgIpc) is 2.62. The van der Waals surface area contributed by atoms with Crippen LogP contribution in [-0.2, 0) is 0 Å². The fraction of sp³-hybridized carbons (Fsp3) is 0.217. The van der Waals surface area contributed by atoms with E-state index in [1.165, 1.54) is 6.07 Å². The van der Waals surface area contributed by atoms with E-state index in [4.69, 9.17) is 4.29 Å². The molecule has 0 amide bonds. The molecule has 3 aromatic rings. The van der Waals surface area contributed by atoms with E-state index in [2.05, 4.69) is 32.9 Å². The van der Waals surface area contributed by atoms with Gasteiger partial charge in [0.25, 0.3) is 5.75 Å². The summed E-state index contributed by atoms with van der Waals surface area (Å²) in [7, 11) is -2.68. The highest BCUT2D eigenvalue weighted by molar-refractivity contribution is 5.80. The molecule has 29 heavy (non-hydrogen) atoms. The molecule has 0 aliphatic carbocycles. The molecule has 1 heterocycles. The maximum Gasteiger partial charge on any atom is 0.294 e. The largest absolute Gasteiger partial charge is 0.344 e. The first-order chi connectivity index (χ1) is 13.7. The Morgan fingerprint density at radius 3 is 2.10 bits per heavy atom. The van der Waals surface area contributed by atoms with Crippen molar-refractivity contribution in [1.82, 2.24) is 0 Å². The second-order valence-corrected chi connectivity index (χ2v) is 8.42. The summed E-state index contributed by atoms with van der Waals surface area (Å²) in [5, 5.41) is 0. The lowest BCUT2D eigenvalue weighted by molar-refractivity contribution is -1.91. The number of rotatable bonds is 3. The summed E-state index contributed by atoms with van der Waals surface area (Å²) in [6, 6.07) is 17.4. The second kappa shape index (κ2) is 7.04. The van der Waals surface area contributed by atoms with Crippen LogP contribution >= 0.6 is 0 Å². The Kier molecular flexibility index (Phi) is 4.79. The lowest BCUT2D eigenvalue weighted by Gasteiger charge is -2.37. The van der Waals surface area contributed by atoms with Crippen molar-refractivity contribution in [1.29, 1.82) is 0 Å². The average molecular weight is 412 g/mol. The van der Waals surface area contributed by atoms with Crippen molar-refractivity contribution in [3.05, 3.63) is 88.0 Å². The van der Waals surface area contributed by atoms with Gasteiger partial charge in [-0.2, -0.15) is 14.0 Å². The molecule has 0 saturated heterocycles. The number of hydrogen-bond donors (Lipinski definition) is 0. The quantitative estimate of drug-likeness (QED) is 0.659. The van der Waals surface area contributed by atoms with E-state index in [1.807, 2.05) is 42.3 Å². The summed E-state index contributed by atoms with van der Waals surface area (Å²) in [5.41, 5.74) is 8.02. The van der Waals surface area contributed by atoms with Gasteiger partial charge >= 0.3 is 0 Å². The molecular formula is C23H22ClNO4. The van der Waals surface area contributed by atoms with Gasteiger partial charge < -0.3 is 4.90 Å². The molecule has 3 aromatic carbocycles. The molecule has 6 heteroatoms. The van der Waals surface area contributed by atoms with Crippen LogP contribution in [0.4, 0.5) is 11.4 Å². The smallest absolute Gasteiger partial charge is 0.294 e. The van der Waals surface area contributed by atoms with E-state index in [0.29, 0.717) is 5.56 Å². The highest BCUT2D eigenvalue weighted by Gasteiger charge is 2.37. The molecule has 0 radical (unpaired) electrons. The second-order valence-electron chi connectivity index (χ2n) is 7.51. The SMILES string of the molecule is Cc1cc(C)c(C2c3ccccc3N(C)c3cccc(O[Cl+3]([O-])([O-])[O-])c32)c(C)c1. The third-order valence-corrected chi connectivity index (χ3v) is 5.86. The Labute approximate surface area is 172 Å². The van der Waals surface area contributed by atoms with Crippen molar-refractivity contribution in [2.45, 2.75) is 26.7 Å². The van der Waals surface area contributed by atoms with Gasteiger partial charge in [0.05, 0.1) is 0 Å². The van der Waals surface area contributed by atoms with Crippen molar-refractivity contribution in [3.63, 3.8) is 0 Å². The minimum absolute atomic E-state index is 0.0601. The van der Waals surface area contributed by atoms with Crippen LogP contribution in [0.2, 0.25) is 0 Å². The van der Waals surface area contributed by atoms with E-state index in [0.717, 1.165) is 39.2 Å². The molecule has 0 fully saturated rings. The summed E-state index contributed by atoms with van der Waals surface area (Å²) >= 11 is 0. The van der Waals surface area contributed by atoms with Crippen molar-refractivity contribution in [2.75, 3.05) is 11.9 Å². The van der Waals surface area contributed by atoms with Crippen LogP contribution in [-0.4, -0.2) is 7.05 Å². The van der Waals surface area contributed by atoms with Crippen LogP contribution in [0, 0.1) is 31.0 Å². The molecule has 0 N–H and O–H groups in total. The fourth-order valence-corrected chi connectivity index (χ4v) is 4.89. The molecular weight excluding hydrogens is 390 g/mol. The number of fused-ring (bicyclic) bond motifs is 2. The van der Waals surface area contributed by atoms with Gasteiger partial charge in [-0.05, 0) is 61.2 Å². The van der Waals surface area contributed by atoms with Gasteiger partial charge in [0, 0.05) is 29.9 Å². The Morgan fingerprint density at radius 1 is 0.828 bits per heavy atom. The standard InChI is InChI=1S/C23H22ClNO4/c1-14-12-15(2)21(16(3)13-14)22-17-8-5-6-9-18(17)25(4)19-10-7-11-20(23(19)22)29-24(26,27)28/h5-13,22H,1-4H3. The van der Waals surface area contributed by atoms with Crippen LogP contribution in [0.5, 0.6) is 5.75 Å². The number of anilines is 2. The van der Waals surface area contributed by atoms with Crippen LogP contribution in [0.3, 0.4) is 0 Å². The maximum absolute atomic E-state index is 11.4. The van der Waals surface area contributed by atoms with Gasteiger partial charge in [-0.15, -0.1) is 0 Å². The molecule has 1 aliphatic rings. The Balaban J connectivity index is 2.06.